The number of piperidine rings is 1. The van der Waals surface area contributed by atoms with Gasteiger partial charge in [0.2, 0.25) is 0 Å². The van der Waals surface area contributed by atoms with E-state index >= 15 is 0 Å². The number of nitrogens with zero attached hydrogens (tertiary/aromatic N) is 1. The van der Waals surface area contributed by atoms with E-state index in [4.69, 9.17) is 5.73 Å². The third-order valence-corrected chi connectivity index (χ3v) is 8.59. The summed E-state index contributed by atoms with van der Waals surface area (Å²) in [7, 11) is 0. The predicted molar refractivity (Wildman–Crippen MR) is 131 cm³/mol. The summed E-state index contributed by atoms with van der Waals surface area (Å²) in [6.07, 6.45) is 3.85. The first-order chi connectivity index (χ1) is 17.2. The number of likely N-dealkylation sites (tertiary alicyclic amines) is 1. The second kappa shape index (κ2) is 9.21. The molecule has 2 fully saturated rings. The number of nitrogens with two attached hydrogens (primary N) is 1. The first-order valence-electron chi connectivity index (χ1n) is 12.8. The van der Waals surface area contributed by atoms with Crippen LogP contribution in [0.3, 0.4) is 0 Å². The highest BCUT2D eigenvalue weighted by molar-refractivity contribution is 6.08. The van der Waals surface area contributed by atoms with E-state index in [1.54, 1.807) is 0 Å². The summed E-state index contributed by atoms with van der Waals surface area (Å²) in [5.41, 5.74) is 4.65. The van der Waals surface area contributed by atoms with Gasteiger partial charge in [-0.1, -0.05) is 18.6 Å². The van der Waals surface area contributed by atoms with Gasteiger partial charge >= 0.3 is 0 Å². The lowest BCUT2D eigenvalue weighted by atomic mass is 9.56. The molecule has 3 unspecified atom stereocenters. The zero-order valence-electron chi connectivity index (χ0n) is 20.2. The summed E-state index contributed by atoms with van der Waals surface area (Å²) < 4.78 is 0. The maximum Gasteiger partial charge on any atom is 0.250 e. The Kier molecular flexibility index (Phi) is 6.34. The first-order valence-corrected chi connectivity index (χ1v) is 12.8. The number of benzene rings is 1. The fraction of sp³-hybridized carbons (Fsp3) is 0.556. The van der Waals surface area contributed by atoms with Gasteiger partial charge in [-0.05, 0) is 56.2 Å². The number of amides is 1. The molecule has 1 aromatic carbocycles. The number of Topliss-reactive ketones (excluding diaryl/α,β-unsaturated/α-hetero) is 1. The molecule has 0 aromatic heterocycles. The fourth-order valence-corrected chi connectivity index (χ4v) is 7.06. The van der Waals surface area contributed by atoms with Crippen LogP contribution in [0.15, 0.2) is 29.0 Å². The minimum atomic E-state index is -2.15. The molecule has 1 aliphatic heterocycles. The van der Waals surface area contributed by atoms with E-state index in [1.807, 2.05) is 12.1 Å². The number of primary amides is 1. The Morgan fingerprint density at radius 2 is 1.83 bits per heavy atom. The molecule has 5 rings (SSSR count). The minimum Gasteiger partial charge on any atom is -0.512 e. The summed E-state index contributed by atoms with van der Waals surface area (Å²) in [6.45, 7) is 1.90. The summed E-state index contributed by atoms with van der Waals surface area (Å²) in [5, 5.41) is 54.3. The molecule has 9 heteroatoms. The number of ketones is 1. The number of aliphatic hydroxyl groups excluding tert-OH is 3. The van der Waals surface area contributed by atoms with Gasteiger partial charge in [-0.15, -0.1) is 0 Å². The normalized spacial score (nSPS) is 30.6. The lowest BCUT2D eigenvalue weighted by Gasteiger charge is -2.49. The van der Waals surface area contributed by atoms with E-state index in [1.165, 1.54) is 6.42 Å². The number of hydrogen-bond donors (Lipinski definition) is 6. The second-order valence-corrected chi connectivity index (χ2v) is 10.7. The van der Waals surface area contributed by atoms with Gasteiger partial charge in [0.05, 0.1) is 17.1 Å². The lowest BCUT2D eigenvalue weighted by molar-refractivity contribution is -0.139. The van der Waals surface area contributed by atoms with E-state index < -0.39 is 41.3 Å². The molecule has 1 heterocycles. The maximum atomic E-state index is 13.9. The molecule has 3 aliphatic carbocycles. The van der Waals surface area contributed by atoms with Crippen molar-refractivity contribution in [1.82, 2.24) is 4.90 Å². The van der Waals surface area contributed by atoms with Crippen molar-refractivity contribution in [1.29, 1.82) is 0 Å². The van der Waals surface area contributed by atoms with Gasteiger partial charge in [0.25, 0.3) is 5.91 Å². The van der Waals surface area contributed by atoms with Gasteiger partial charge in [0, 0.05) is 37.1 Å². The van der Waals surface area contributed by atoms with E-state index in [0.717, 1.165) is 31.5 Å². The molecule has 0 bridgehead atoms. The molecular weight excluding hydrogens is 464 g/mol. The highest BCUT2D eigenvalue weighted by atomic mass is 16.3. The van der Waals surface area contributed by atoms with Crippen LogP contribution < -0.4 is 5.73 Å². The first kappa shape index (κ1) is 24.8. The van der Waals surface area contributed by atoms with Crippen molar-refractivity contribution in [2.24, 2.45) is 23.5 Å². The second-order valence-electron chi connectivity index (χ2n) is 10.7. The van der Waals surface area contributed by atoms with Gasteiger partial charge in [-0.3, -0.25) is 14.5 Å². The predicted octanol–water partition coefficient (Wildman–Crippen LogP) is 1.84. The number of rotatable bonds is 5. The Balaban J connectivity index is 1.56. The highest BCUT2D eigenvalue weighted by Crippen LogP contribution is 2.54. The topological polar surface area (TPSA) is 165 Å². The van der Waals surface area contributed by atoms with Crippen LogP contribution >= 0.6 is 0 Å². The molecule has 4 aliphatic rings. The molecule has 1 amide bonds. The number of phenols is 1. The number of aromatic hydroxyl groups is 1. The molecule has 1 saturated carbocycles. The SMILES string of the molecule is NC(=O)C1=C(O)CC2CC3Cc4ccc(CN5CCCCC5)c(O)c4C(O)=C3C(=O)C2[C@]1(O)CCO. The smallest absolute Gasteiger partial charge is 0.250 e. The minimum absolute atomic E-state index is 0.000159. The number of allylic oxidation sites excluding steroid dienone is 2. The average molecular weight is 499 g/mol. The van der Waals surface area contributed by atoms with E-state index in [0.29, 0.717) is 24.9 Å². The number of carbonyl (C=O) groups is 2. The van der Waals surface area contributed by atoms with Crippen molar-refractivity contribution in [3.63, 3.8) is 0 Å². The molecule has 1 aromatic rings. The standard InChI is InChI=1S/C27H34N2O7/c28-26(35)22-18(31)12-17-11-16-10-14-4-5-15(13-29-7-2-1-3-8-29)23(32)19(14)24(33)20(16)25(34)21(17)27(22,36)6-9-30/h4-5,16-17,21,30-33,36H,1-3,6-13H2,(H2,28,35)/t16?,17?,21?,27-/m1/s1. The third-order valence-electron chi connectivity index (χ3n) is 8.59. The fourth-order valence-electron chi connectivity index (χ4n) is 7.06. The molecule has 4 atom stereocenters. The Labute approximate surface area is 209 Å². The highest BCUT2D eigenvalue weighted by Gasteiger charge is 2.58. The van der Waals surface area contributed by atoms with Crippen molar-refractivity contribution < 1.29 is 35.1 Å². The number of hydrogen-bond acceptors (Lipinski definition) is 8. The van der Waals surface area contributed by atoms with Gasteiger partial charge in [0.15, 0.2) is 5.78 Å². The van der Waals surface area contributed by atoms with Gasteiger partial charge in [0.1, 0.15) is 22.9 Å². The summed E-state index contributed by atoms with van der Waals surface area (Å²) in [4.78, 5) is 28.3. The number of phenolic OH excluding ortho intramolecular Hbond substituents is 1. The van der Waals surface area contributed by atoms with Gasteiger partial charge < -0.3 is 31.3 Å². The Hall–Kier alpha value is -2.88. The summed E-state index contributed by atoms with van der Waals surface area (Å²) >= 11 is 0. The lowest BCUT2D eigenvalue weighted by Crippen LogP contribution is -2.57. The molecule has 1 saturated heterocycles. The number of carbonyl (C=O) groups excluding carboxylic acids is 2. The zero-order chi connectivity index (χ0) is 25.8. The van der Waals surface area contributed by atoms with Gasteiger partial charge in [-0.2, -0.15) is 0 Å². The summed E-state index contributed by atoms with van der Waals surface area (Å²) in [5.74, 6) is -4.30. The van der Waals surface area contributed by atoms with Crippen molar-refractivity contribution in [3.8, 4) is 5.75 Å². The molecular formula is C27H34N2O7. The Morgan fingerprint density at radius 3 is 2.50 bits per heavy atom. The van der Waals surface area contributed by atoms with E-state index in [9.17, 15) is 35.1 Å². The molecule has 7 N–H and O–H groups in total. The van der Waals surface area contributed by atoms with Crippen LogP contribution in [0, 0.1) is 17.8 Å². The average Bonchev–Trinajstić information content (AvgIpc) is 2.80. The molecule has 36 heavy (non-hydrogen) atoms. The monoisotopic (exact) mass is 498 g/mol. The zero-order valence-corrected chi connectivity index (χ0v) is 20.2. The van der Waals surface area contributed by atoms with Crippen LogP contribution in [0.4, 0.5) is 0 Å². The Bertz CT molecular complexity index is 1170. The van der Waals surface area contributed by atoms with Crippen molar-refractivity contribution in [2.75, 3.05) is 19.7 Å². The van der Waals surface area contributed by atoms with Crippen LogP contribution in [0.2, 0.25) is 0 Å². The summed E-state index contributed by atoms with van der Waals surface area (Å²) in [6, 6.07) is 3.77. The van der Waals surface area contributed by atoms with Crippen LogP contribution in [-0.2, 0) is 22.6 Å². The quantitative estimate of drug-likeness (QED) is 0.358. The Morgan fingerprint density at radius 1 is 1.11 bits per heavy atom. The van der Waals surface area contributed by atoms with E-state index in [2.05, 4.69) is 4.90 Å². The van der Waals surface area contributed by atoms with Crippen LogP contribution in [0.5, 0.6) is 5.75 Å². The van der Waals surface area contributed by atoms with Crippen LogP contribution in [0.1, 0.15) is 55.2 Å². The van der Waals surface area contributed by atoms with Crippen LogP contribution in [-0.4, -0.2) is 67.4 Å². The molecule has 194 valence electrons. The van der Waals surface area contributed by atoms with Crippen molar-refractivity contribution in [2.45, 2.75) is 57.1 Å². The van der Waals surface area contributed by atoms with Gasteiger partial charge in [-0.25, -0.2) is 0 Å². The van der Waals surface area contributed by atoms with E-state index in [-0.39, 0.29) is 47.2 Å². The van der Waals surface area contributed by atoms with Crippen LogP contribution in [0.25, 0.3) is 5.76 Å². The maximum absolute atomic E-state index is 13.9. The number of aliphatic hydroxyl groups is 4. The van der Waals surface area contributed by atoms with Crippen molar-refractivity contribution >= 4 is 17.4 Å². The van der Waals surface area contributed by atoms with Crippen molar-refractivity contribution in [3.05, 3.63) is 45.7 Å². The third kappa shape index (κ3) is 3.81. The molecule has 0 radical (unpaired) electrons. The largest absolute Gasteiger partial charge is 0.512 e. The molecule has 0 spiro atoms. The molecule has 9 nitrogen and oxygen atoms in total. The number of fused-ring (bicyclic) bond motifs is 3.